The van der Waals surface area contributed by atoms with Gasteiger partial charge in [-0.25, -0.2) is 0 Å². The zero-order valence-corrected chi connectivity index (χ0v) is 12.9. The van der Waals surface area contributed by atoms with E-state index in [1.165, 1.54) is 11.3 Å². The Morgan fingerprint density at radius 3 is 2.71 bits per heavy atom. The molecule has 2 N–H and O–H groups in total. The molecule has 0 aliphatic rings. The molecule has 1 aromatic carbocycles. The highest BCUT2D eigenvalue weighted by molar-refractivity contribution is 7.12. The van der Waals surface area contributed by atoms with Crippen molar-refractivity contribution in [2.24, 2.45) is 0 Å². The minimum atomic E-state index is -0.135. The lowest BCUT2D eigenvalue weighted by molar-refractivity contribution is -0.116. The van der Waals surface area contributed by atoms with Gasteiger partial charge in [-0.2, -0.15) is 0 Å². The normalized spacial score (nSPS) is 10.2. The van der Waals surface area contributed by atoms with Crippen LogP contribution in [0.3, 0.4) is 0 Å². The van der Waals surface area contributed by atoms with Crippen molar-refractivity contribution in [3.63, 3.8) is 0 Å². The molecule has 0 radical (unpaired) electrons. The van der Waals surface area contributed by atoms with Gasteiger partial charge < -0.3 is 10.6 Å². The van der Waals surface area contributed by atoms with Gasteiger partial charge in [0.15, 0.2) is 0 Å². The Labute approximate surface area is 128 Å². The molecule has 0 aliphatic carbocycles. The van der Waals surface area contributed by atoms with Crippen LogP contribution in [0, 0.1) is 13.8 Å². The van der Waals surface area contributed by atoms with Crippen LogP contribution in [0.15, 0.2) is 35.7 Å². The highest BCUT2D eigenvalue weighted by atomic mass is 32.1. The third-order valence-corrected chi connectivity index (χ3v) is 3.92. The topological polar surface area (TPSA) is 58.2 Å². The highest BCUT2D eigenvalue weighted by Gasteiger charge is 2.08. The fraction of sp³-hybridized carbons (Fsp3) is 0.250. The maximum absolute atomic E-state index is 11.9. The van der Waals surface area contributed by atoms with Crippen molar-refractivity contribution >= 4 is 28.8 Å². The van der Waals surface area contributed by atoms with Gasteiger partial charge in [-0.15, -0.1) is 11.3 Å². The van der Waals surface area contributed by atoms with E-state index in [1.807, 2.05) is 43.5 Å². The van der Waals surface area contributed by atoms with Crippen LogP contribution >= 0.6 is 11.3 Å². The van der Waals surface area contributed by atoms with Crippen molar-refractivity contribution < 1.29 is 9.59 Å². The third-order valence-electron chi connectivity index (χ3n) is 3.05. The first-order chi connectivity index (χ1) is 10.1. The van der Waals surface area contributed by atoms with Crippen LogP contribution in [-0.4, -0.2) is 18.4 Å². The zero-order valence-electron chi connectivity index (χ0n) is 12.1. The summed E-state index contributed by atoms with van der Waals surface area (Å²) in [7, 11) is 0. The average molecular weight is 302 g/mol. The number of hydrogen-bond donors (Lipinski definition) is 2. The molecule has 0 fully saturated rings. The SMILES string of the molecule is Cc1ccc(C)c(NC(=O)CCNC(=O)c2cccs2)c1. The molecule has 0 saturated carbocycles. The van der Waals surface area contributed by atoms with Gasteiger partial charge in [-0.1, -0.05) is 18.2 Å². The first kappa shape index (κ1) is 15.3. The van der Waals surface area contributed by atoms with Gasteiger partial charge in [0.2, 0.25) is 5.91 Å². The molecule has 0 bridgehead atoms. The Kier molecular flexibility index (Phi) is 5.11. The molecule has 2 aromatic rings. The molecule has 110 valence electrons. The van der Waals surface area contributed by atoms with Crippen LogP contribution in [0.5, 0.6) is 0 Å². The van der Waals surface area contributed by atoms with Crippen molar-refractivity contribution in [2.45, 2.75) is 20.3 Å². The number of aryl methyl sites for hydroxylation is 2. The van der Waals surface area contributed by atoms with Gasteiger partial charge in [-0.05, 0) is 42.5 Å². The van der Waals surface area contributed by atoms with Crippen LogP contribution in [-0.2, 0) is 4.79 Å². The van der Waals surface area contributed by atoms with E-state index in [0.717, 1.165) is 16.8 Å². The molecule has 4 nitrogen and oxygen atoms in total. The molecule has 1 heterocycles. The maximum Gasteiger partial charge on any atom is 0.261 e. The lowest BCUT2D eigenvalue weighted by Gasteiger charge is -2.09. The summed E-state index contributed by atoms with van der Waals surface area (Å²) in [6, 6.07) is 9.51. The Hall–Kier alpha value is -2.14. The second kappa shape index (κ2) is 7.04. The largest absolute Gasteiger partial charge is 0.351 e. The molecule has 2 rings (SSSR count). The lowest BCUT2D eigenvalue weighted by atomic mass is 10.1. The number of amides is 2. The molecule has 2 amide bonds. The standard InChI is InChI=1S/C16H18N2O2S/c1-11-5-6-12(2)13(10-11)18-15(19)7-8-17-16(20)14-4-3-9-21-14/h3-6,9-10H,7-8H2,1-2H3,(H,17,20)(H,18,19). The number of nitrogens with one attached hydrogen (secondary N) is 2. The quantitative estimate of drug-likeness (QED) is 0.891. The Morgan fingerprint density at radius 1 is 1.19 bits per heavy atom. The molecule has 21 heavy (non-hydrogen) atoms. The van der Waals surface area contributed by atoms with Crippen molar-refractivity contribution in [1.82, 2.24) is 5.32 Å². The number of anilines is 1. The monoisotopic (exact) mass is 302 g/mol. The minimum Gasteiger partial charge on any atom is -0.351 e. The van der Waals surface area contributed by atoms with Crippen LogP contribution in [0.25, 0.3) is 0 Å². The first-order valence-electron chi connectivity index (χ1n) is 6.75. The van der Waals surface area contributed by atoms with Gasteiger partial charge >= 0.3 is 0 Å². The van der Waals surface area contributed by atoms with Gasteiger partial charge in [0.05, 0.1) is 4.88 Å². The number of hydrogen-bond acceptors (Lipinski definition) is 3. The molecule has 1 aromatic heterocycles. The maximum atomic E-state index is 11.9. The highest BCUT2D eigenvalue weighted by Crippen LogP contribution is 2.16. The summed E-state index contributed by atoms with van der Waals surface area (Å²) >= 11 is 1.38. The Balaban J connectivity index is 1.80. The second-order valence-corrected chi connectivity index (χ2v) is 5.80. The van der Waals surface area contributed by atoms with Gasteiger partial charge in [0.25, 0.3) is 5.91 Å². The van der Waals surface area contributed by atoms with E-state index in [4.69, 9.17) is 0 Å². The Morgan fingerprint density at radius 2 is 2.00 bits per heavy atom. The predicted octanol–water partition coefficient (Wildman–Crippen LogP) is 3.12. The number of carbonyl (C=O) groups is 2. The molecular formula is C16H18N2O2S. The van der Waals surface area contributed by atoms with Crippen molar-refractivity contribution in [3.8, 4) is 0 Å². The molecule has 0 saturated heterocycles. The predicted molar refractivity (Wildman–Crippen MR) is 85.8 cm³/mol. The molecular weight excluding hydrogens is 284 g/mol. The summed E-state index contributed by atoms with van der Waals surface area (Å²) in [5.74, 6) is -0.236. The smallest absolute Gasteiger partial charge is 0.261 e. The third kappa shape index (κ3) is 4.43. The van der Waals surface area contributed by atoms with E-state index in [-0.39, 0.29) is 18.2 Å². The summed E-state index contributed by atoms with van der Waals surface area (Å²) in [6.07, 6.45) is 0.254. The van der Waals surface area contributed by atoms with Crippen LogP contribution in [0.1, 0.15) is 27.2 Å². The number of thiophene rings is 1. The average Bonchev–Trinajstić information content (AvgIpc) is 2.97. The van der Waals surface area contributed by atoms with Crippen LogP contribution in [0.2, 0.25) is 0 Å². The Bertz CT molecular complexity index is 636. The molecule has 5 heteroatoms. The molecule has 0 aliphatic heterocycles. The lowest BCUT2D eigenvalue weighted by Crippen LogP contribution is -2.27. The fourth-order valence-electron chi connectivity index (χ4n) is 1.87. The van der Waals surface area contributed by atoms with Crippen molar-refractivity contribution in [2.75, 3.05) is 11.9 Å². The van der Waals surface area contributed by atoms with E-state index in [2.05, 4.69) is 10.6 Å². The molecule has 0 spiro atoms. The van der Waals surface area contributed by atoms with E-state index >= 15 is 0 Å². The molecule has 0 unspecified atom stereocenters. The zero-order chi connectivity index (χ0) is 15.2. The minimum absolute atomic E-state index is 0.102. The fourth-order valence-corrected chi connectivity index (χ4v) is 2.51. The van der Waals surface area contributed by atoms with E-state index in [1.54, 1.807) is 6.07 Å². The number of carbonyl (C=O) groups excluding carboxylic acids is 2. The molecule has 0 atom stereocenters. The number of benzene rings is 1. The summed E-state index contributed by atoms with van der Waals surface area (Å²) in [5.41, 5.74) is 2.95. The second-order valence-electron chi connectivity index (χ2n) is 4.85. The summed E-state index contributed by atoms with van der Waals surface area (Å²) in [6.45, 7) is 4.26. The summed E-state index contributed by atoms with van der Waals surface area (Å²) in [4.78, 5) is 24.3. The van der Waals surface area contributed by atoms with Gasteiger partial charge in [0, 0.05) is 18.7 Å². The van der Waals surface area contributed by atoms with Crippen molar-refractivity contribution in [1.29, 1.82) is 0 Å². The van der Waals surface area contributed by atoms with Gasteiger partial charge in [0.1, 0.15) is 0 Å². The van der Waals surface area contributed by atoms with Crippen molar-refractivity contribution in [3.05, 3.63) is 51.7 Å². The van der Waals surface area contributed by atoms with E-state index in [9.17, 15) is 9.59 Å². The summed E-state index contributed by atoms with van der Waals surface area (Å²) in [5, 5.41) is 7.46. The first-order valence-corrected chi connectivity index (χ1v) is 7.63. The summed E-state index contributed by atoms with van der Waals surface area (Å²) < 4.78 is 0. The van der Waals surface area contributed by atoms with E-state index < -0.39 is 0 Å². The van der Waals surface area contributed by atoms with Crippen LogP contribution in [0.4, 0.5) is 5.69 Å². The van der Waals surface area contributed by atoms with Gasteiger partial charge in [-0.3, -0.25) is 9.59 Å². The number of rotatable bonds is 5. The van der Waals surface area contributed by atoms with E-state index in [0.29, 0.717) is 11.4 Å². The van der Waals surface area contributed by atoms with Crippen LogP contribution < -0.4 is 10.6 Å².